The summed E-state index contributed by atoms with van der Waals surface area (Å²) in [5.41, 5.74) is 7.12. The number of thiocarbonyl (C=S) groups is 1. The van der Waals surface area contributed by atoms with Crippen LogP contribution in [0.1, 0.15) is 46.7 Å². The molecule has 194 valence electrons. The molecule has 5 rings (SSSR count). The lowest BCUT2D eigenvalue weighted by atomic mass is 9.96. The van der Waals surface area contributed by atoms with E-state index in [9.17, 15) is 9.18 Å². The highest BCUT2D eigenvalue weighted by atomic mass is 32.1. The number of amides is 1. The van der Waals surface area contributed by atoms with E-state index in [0.717, 1.165) is 28.3 Å². The Morgan fingerprint density at radius 3 is 2.55 bits per heavy atom. The number of benzene rings is 2. The lowest BCUT2D eigenvalue weighted by Crippen LogP contribution is -2.32. The molecule has 0 saturated carbocycles. The molecule has 2 N–H and O–H groups in total. The van der Waals surface area contributed by atoms with Crippen LogP contribution in [0.5, 0.6) is 0 Å². The Bertz CT molecular complexity index is 1470. The van der Waals surface area contributed by atoms with Crippen molar-refractivity contribution in [2.75, 3.05) is 11.9 Å². The number of halogens is 1. The number of rotatable bonds is 7. The number of aromatic nitrogens is 2. The van der Waals surface area contributed by atoms with Crippen molar-refractivity contribution in [3.05, 3.63) is 113 Å². The van der Waals surface area contributed by atoms with E-state index in [0.29, 0.717) is 17.3 Å². The molecule has 2 unspecified atom stereocenters. The van der Waals surface area contributed by atoms with Gasteiger partial charge in [-0.25, -0.2) is 4.39 Å². The molecular formula is C30H30FN5OS. The standard InChI is InChI=1S/C30H30FN5OS/c1-19-7-6-8-24(17-19)36-20(2)18-25(21(36)3)29-28(26-9-4-5-15-32-26)34-30(38)35(29)16-14-27(37)33-23-12-10-22(31)11-13-23/h4-13,15,17-18,28-29H,14,16H2,1-3H3,(H,33,37)(H,34,38). The predicted octanol–water partition coefficient (Wildman–Crippen LogP) is 5.94. The number of nitrogens with zero attached hydrogens (tertiary/aromatic N) is 3. The van der Waals surface area contributed by atoms with Crippen molar-refractivity contribution < 1.29 is 9.18 Å². The average molecular weight is 528 g/mol. The third-order valence-corrected chi connectivity index (χ3v) is 7.31. The maximum absolute atomic E-state index is 13.2. The summed E-state index contributed by atoms with van der Waals surface area (Å²) < 4.78 is 15.5. The maximum atomic E-state index is 13.2. The number of hydrogen-bond acceptors (Lipinski definition) is 3. The molecule has 1 aliphatic heterocycles. The van der Waals surface area contributed by atoms with Gasteiger partial charge in [-0.05, 0) is 98.7 Å². The van der Waals surface area contributed by atoms with Crippen LogP contribution in [0.25, 0.3) is 5.69 Å². The van der Waals surface area contributed by atoms with E-state index in [-0.39, 0.29) is 30.2 Å². The quantitative estimate of drug-likeness (QED) is 0.292. The Balaban J connectivity index is 1.46. The largest absolute Gasteiger partial charge is 0.352 e. The normalized spacial score (nSPS) is 16.9. The van der Waals surface area contributed by atoms with Crippen molar-refractivity contribution in [1.29, 1.82) is 0 Å². The lowest BCUT2D eigenvalue weighted by Gasteiger charge is -2.28. The van der Waals surface area contributed by atoms with Gasteiger partial charge in [-0.3, -0.25) is 9.78 Å². The number of nitrogens with one attached hydrogen (secondary N) is 2. The molecule has 0 aliphatic carbocycles. The van der Waals surface area contributed by atoms with Gasteiger partial charge in [0.25, 0.3) is 0 Å². The van der Waals surface area contributed by atoms with Crippen LogP contribution in [0, 0.1) is 26.6 Å². The molecule has 38 heavy (non-hydrogen) atoms. The van der Waals surface area contributed by atoms with E-state index in [1.165, 1.54) is 17.7 Å². The molecule has 2 aromatic carbocycles. The number of pyridine rings is 1. The summed E-state index contributed by atoms with van der Waals surface area (Å²) in [5.74, 6) is -0.507. The Hall–Kier alpha value is -4.04. The van der Waals surface area contributed by atoms with E-state index in [4.69, 9.17) is 12.2 Å². The van der Waals surface area contributed by atoms with Crippen molar-refractivity contribution in [3.8, 4) is 5.69 Å². The summed E-state index contributed by atoms with van der Waals surface area (Å²) >= 11 is 5.79. The zero-order chi connectivity index (χ0) is 26.8. The molecule has 1 saturated heterocycles. The molecule has 0 radical (unpaired) electrons. The van der Waals surface area contributed by atoms with Crippen LogP contribution in [-0.4, -0.2) is 32.0 Å². The molecule has 1 amide bonds. The number of carbonyl (C=O) groups is 1. The van der Waals surface area contributed by atoms with E-state index >= 15 is 0 Å². The van der Waals surface area contributed by atoms with Gasteiger partial charge >= 0.3 is 0 Å². The van der Waals surface area contributed by atoms with Crippen molar-refractivity contribution in [1.82, 2.24) is 19.8 Å². The summed E-state index contributed by atoms with van der Waals surface area (Å²) in [4.78, 5) is 19.5. The minimum atomic E-state index is -0.344. The van der Waals surface area contributed by atoms with Gasteiger partial charge in [0.1, 0.15) is 5.82 Å². The second kappa shape index (κ2) is 10.8. The van der Waals surface area contributed by atoms with Crippen molar-refractivity contribution in [3.63, 3.8) is 0 Å². The zero-order valence-corrected chi connectivity index (χ0v) is 22.4. The first-order chi connectivity index (χ1) is 18.3. The van der Waals surface area contributed by atoms with Crippen LogP contribution in [0.4, 0.5) is 10.1 Å². The predicted molar refractivity (Wildman–Crippen MR) is 152 cm³/mol. The molecule has 0 bridgehead atoms. The monoisotopic (exact) mass is 527 g/mol. The van der Waals surface area contributed by atoms with Crippen LogP contribution < -0.4 is 10.6 Å². The van der Waals surface area contributed by atoms with Crippen molar-refractivity contribution >= 4 is 28.9 Å². The van der Waals surface area contributed by atoms with Gasteiger partial charge in [-0.15, -0.1) is 0 Å². The van der Waals surface area contributed by atoms with Gasteiger partial charge < -0.3 is 20.1 Å². The van der Waals surface area contributed by atoms with Crippen LogP contribution in [0.15, 0.2) is 79.0 Å². The molecule has 2 atom stereocenters. The molecule has 0 spiro atoms. The number of aryl methyl sites for hydroxylation is 2. The minimum Gasteiger partial charge on any atom is -0.352 e. The van der Waals surface area contributed by atoms with Crippen LogP contribution in [-0.2, 0) is 4.79 Å². The summed E-state index contributed by atoms with van der Waals surface area (Å²) in [6, 6.07) is 22.0. The molecule has 3 heterocycles. The summed E-state index contributed by atoms with van der Waals surface area (Å²) in [7, 11) is 0. The Morgan fingerprint density at radius 1 is 1.05 bits per heavy atom. The molecule has 1 aliphatic rings. The summed E-state index contributed by atoms with van der Waals surface area (Å²) in [6.45, 7) is 6.74. The topological polar surface area (TPSA) is 62.2 Å². The highest BCUT2D eigenvalue weighted by molar-refractivity contribution is 7.80. The highest BCUT2D eigenvalue weighted by Gasteiger charge is 2.41. The minimum absolute atomic E-state index is 0.152. The van der Waals surface area contributed by atoms with Gasteiger partial charge in [0.15, 0.2) is 5.11 Å². The summed E-state index contributed by atoms with van der Waals surface area (Å²) in [5, 5.41) is 6.89. The van der Waals surface area contributed by atoms with Gasteiger partial charge in [-0.1, -0.05) is 18.2 Å². The van der Waals surface area contributed by atoms with Crippen LogP contribution in [0.2, 0.25) is 0 Å². The first kappa shape index (κ1) is 25.6. The Labute approximate surface area is 227 Å². The molecule has 1 fully saturated rings. The van der Waals surface area contributed by atoms with Crippen molar-refractivity contribution in [2.24, 2.45) is 0 Å². The second-order valence-electron chi connectivity index (χ2n) is 9.63. The fourth-order valence-electron chi connectivity index (χ4n) is 5.21. The van der Waals surface area contributed by atoms with Gasteiger partial charge in [0.05, 0.1) is 17.8 Å². The molecule has 4 aromatic rings. The molecule has 2 aromatic heterocycles. The third-order valence-electron chi connectivity index (χ3n) is 6.95. The average Bonchev–Trinajstić information content (AvgIpc) is 3.39. The number of hydrogen-bond donors (Lipinski definition) is 2. The van der Waals surface area contributed by atoms with Crippen LogP contribution in [0.3, 0.4) is 0 Å². The first-order valence-corrected chi connectivity index (χ1v) is 13.0. The fraction of sp³-hybridized carbons (Fsp3) is 0.233. The molecule has 8 heteroatoms. The highest BCUT2D eigenvalue weighted by Crippen LogP contribution is 2.41. The molecule has 6 nitrogen and oxygen atoms in total. The first-order valence-electron chi connectivity index (χ1n) is 12.6. The SMILES string of the molecule is Cc1cccc(-n2c(C)cc(C3C(c4ccccn4)NC(=S)N3CCC(=O)Nc3ccc(F)cc3)c2C)c1. The van der Waals surface area contributed by atoms with E-state index < -0.39 is 0 Å². The van der Waals surface area contributed by atoms with Gasteiger partial charge in [0.2, 0.25) is 5.91 Å². The van der Waals surface area contributed by atoms with E-state index in [1.54, 1.807) is 18.3 Å². The van der Waals surface area contributed by atoms with Gasteiger partial charge in [0, 0.05) is 41.9 Å². The zero-order valence-electron chi connectivity index (χ0n) is 21.6. The number of carbonyl (C=O) groups excluding carboxylic acids is 1. The smallest absolute Gasteiger partial charge is 0.226 e. The number of anilines is 1. The second-order valence-corrected chi connectivity index (χ2v) is 10.0. The Kier molecular flexibility index (Phi) is 7.24. The van der Waals surface area contributed by atoms with E-state index in [1.807, 2.05) is 18.2 Å². The van der Waals surface area contributed by atoms with Crippen LogP contribution >= 0.6 is 12.2 Å². The Morgan fingerprint density at radius 2 is 1.84 bits per heavy atom. The maximum Gasteiger partial charge on any atom is 0.226 e. The third kappa shape index (κ3) is 5.17. The summed E-state index contributed by atoms with van der Waals surface area (Å²) in [6.07, 6.45) is 2.01. The lowest BCUT2D eigenvalue weighted by molar-refractivity contribution is -0.116. The fourth-order valence-corrected chi connectivity index (χ4v) is 5.55. The van der Waals surface area contributed by atoms with Gasteiger partial charge in [-0.2, -0.15) is 0 Å². The van der Waals surface area contributed by atoms with Crippen molar-refractivity contribution in [2.45, 2.75) is 39.3 Å². The van der Waals surface area contributed by atoms with E-state index in [2.05, 4.69) is 76.2 Å². The molecular weight excluding hydrogens is 497 g/mol.